The van der Waals surface area contributed by atoms with Crippen LogP contribution < -0.4 is 15.0 Å². The Balaban J connectivity index is 1.31. The van der Waals surface area contributed by atoms with Gasteiger partial charge in [0.15, 0.2) is 0 Å². The highest BCUT2D eigenvalue weighted by atomic mass is 16.5. The number of piperazine rings is 1. The van der Waals surface area contributed by atoms with Crippen molar-refractivity contribution in [3.05, 3.63) is 48.3 Å². The zero-order valence-electron chi connectivity index (χ0n) is 17.3. The van der Waals surface area contributed by atoms with Gasteiger partial charge in [-0.05, 0) is 36.7 Å². The summed E-state index contributed by atoms with van der Waals surface area (Å²) in [6.07, 6.45) is 4.49. The van der Waals surface area contributed by atoms with Crippen LogP contribution in [0.4, 0.5) is 10.7 Å². The second kappa shape index (κ2) is 10.6. The van der Waals surface area contributed by atoms with Crippen molar-refractivity contribution in [1.29, 1.82) is 0 Å². The molecule has 2 aromatic rings. The van der Waals surface area contributed by atoms with Crippen LogP contribution in [-0.2, 0) is 6.54 Å². The first-order chi connectivity index (χ1) is 14.2. The molecule has 1 aromatic heterocycles. The van der Waals surface area contributed by atoms with Crippen molar-refractivity contribution in [1.82, 2.24) is 25.1 Å². The smallest absolute Gasteiger partial charge is 0.317 e. The number of ether oxygens (including phenoxy) is 1. The summed E-state index contributed by atoms with van der Waals surface area (Å²) in [5.74, 6) is 1.61. The number of hydrogen-bond acceptors (Lipinski definition) is 6. The molecular weight excluding hydrogens is 368 g/mol. The van der Waals surface area contributed by atoms with Gasteiger partial charge in [-0.3, -0.25) is 4.90 Å². The van der Waals surface area contributed by atoms with Crippen molar-refractivity contribution in [2.24, 2.45) is 0 Å². The molecule has 3 rings (SSSR count). The number of rotatable bonds is 8. The molecule has 1 saturated heterocycles. The molecule has 1 fully saturated rings. The fourth-order valence-corrected chi connectivity index (χ4v) is 3.38. The number of amides is 2. The Morgan fingerprint density at radius 2 is 1.93 bits per heavy atom. The first-order valence-electron chi connectivity index (χ1n) is 10.0. The minimum atomic E-state index is -0.0566. The van der Waals surface area contributed by atoms with E-state index in [4.69, 9.17) is 4.74 Å². The lowest BCUT2D eigenvalue weighted by atomic mass is 10.2. The van der Waals surface area contributed by atoms with E-state index < -0.39 is 0 Å². The van der Waals surface area contributed by atoms with Crippen molar-refractivity contribution >= 4 is 12.0 Å². The van der Waals surface area contributed by atoms with Crippen LogP contribution in [-0.4, -0.2) is 79.2 Å². The average molecular weight is 399 g/mol. The topological polar surface area (TPSA) is 73.8 Å². The van der Waals surface area contributed by atoms with Gasteiger partial charge in [0, 0.05) is 58.7 Å². The monoisotopic (exact) mass is 398 g/mol. The van der Waals surface area contributed by atoms with Gasteiger partial charge in [0.25, 0.3) is 0 Å². The van der Waals surface area contributed by atoms with Gasteiger partial charge < -0.3 is 19.9 Å². The third kappa shape index (κ3) is 6.32. The van der Waals surface area contributed by atoms with E-state index in [-0.39, 0.29) is 6.03 Å². The van der Waals surface area contributed by atoms with E-state index in [1.54, 1.807) is 31.5 Å². The van der Waals surface area contributed by atoms with E-state index in [0.29, 0.717) is 13.1 Å². The lowest BCUT2D eigenvalue weighted by Gasteiger charge is -2.34. The number of anilines is 1. The summed E-state index contributed by atoms with van der Waals surface area (Å²) in [4.78, 5) is 27.3. The zero-order chi connectivity index (χ0) is 20.5. The number of nitrogens with one attached hydrogen (secondary N) is 1. The van der Waals surface area contributed by atoms with Gasteiger partial charge in [0.05, 0.1) is 7.11 Å². The predicted octanol–water partition coefficient (Wildman–Crippen LogP) is 1.84. The Labute approximate surface area is 172 Å². The highest BCUT2D eigenvalue weighted by Gasteiger charge is 2.18. The fraction of sp³-hybridized carbons (Fsp3) is 0.476. The van der Waals surface area contributed by atoms with Gasteiger partial charge in [-0.25, -0.2) is 14.8 Å². The summed E-state index contributed by atoms with van der Waals surface area (Å²) >= 11 is 0. The molecule has 2 heterocycles. The van der Waals surface area contributed by atoms with Crippen molar-refractivity contribution in [3.8, 4) is 5.75 Å². The van der Waals surface area contributed by atoms with Crippen LogP contribution in [0.3, 0.4) is 0 Å². The van der Waals surface area contributed by atoms with Gasteiger partial charge in [-0.2, -0.15) is 0 Å². The van der Waals surface area contributed by atoms with Crippen LogP contribution in [0.1, 0.15) is 12.0 Å². The van der Waals surface area contributed by atoms with E-state index in [1.165, 1.54) is 0 Å². The molecule has 0 saturated carbocycles. The largest absolute Gasteiger partial charge is 0.497 e. The molecule has 29 heavy (non-hydrogen) atoms. The number of benzene rings is 1. The standard InChI is InChI=1S/C21H30N6O2/c1-25(17-18-6-3-7-19(16-18)29-2)21(28)24-10-5-11-26-12-14-27(15-13-26)20-22-8-4-9-23-20/h3-4,6-9,16H,5,10-15,17H2,1-2H3,(H,24,28). The number of nitrogens with zero attached hydrogens (tertiary/aromatic N) is 5. The first kappa shape index (κ1) is 20.9. The van der Waals surface area contributed by atoms with Gasteiger partial charge >= 0.3 is 6.03 Å². The number of methoxy groups -OCH3 is 1. The quantitative estimate of drug-likeness (QED) is 0.684. The average Bonchev–Trinajstić information content (AvgIpc) is 2.77. The first-order valence-corrected chi connectivity index (χ1v) is 10.0. The Kier molecular flexibility index (Phi) is 7.63. The maximum atomic E-state index is 12.3. The molecule has 2 amide bonds. The van der Waals surface area contributed by atoms with Gasteiger partial charge in [0.2, 0.25) is 5.95 Å². The fourth-order valence-electron chi connectivity index (χ4n) is 3.38. The molecular formula is C21H30N6O2. The van der Waals surface area contributed by atoms with Crippen molar-refractivity contribution in [3.63, 3.8) is 0 Å². The number of carbonyl (C=O) groups excluding carboxylic acids is 1. The summed E-state index contributed by atoms with van der Waals surface area (Å²) in [6.45, 7) is 6.03. The molecule has 0 unspecified atom stereocenters. The molecule has 0 radical (unpaired) electrons. The lowest BCUT2D eigenvalue weighted by molar-refractivity contribution is 0.205. The number of urea groups is 1. The number of carbonyl (C=O) groups is 1. The van der Waals surface area contributed by atoms with E-state index in [0.717, 1.165) is 56.4 Å². The minimum Gasteiger partial charge on any atom is -0.497 e. The maximum Gasteiger partial charge on any atom is 0.317 e. The van der Waals surface area contributed by atoms with Crippen LogP contribution >= 0.6 is 0 Å². The molecule has 0 spiro atoms. The molecule has 0 aliphatic carbocycles. The molecule has 0 atom stereocenters. The van der Waals surface area contributed by atoms with E-state index in [1.807, 2.05) is 30.3 Å². The maximum absolute atomic E-state index is 12.3. The van der Waals surface area contributed by atoms with Crippen LogP contribution in [0, 0.1) is 0 Å². The number of aromatic nitrogens is 2. The normalized spacial score (nSPS) is 14.5. The third-order valence-electron chi connectivity index (χ3n) is 5.04. The Morgan fingerprint density at radius 1 is 1.17 bits per heavy atom. The summed E-state index contributed by atoms with van der Waals surface area (Å²) in [7, 11) is 3.45. The van der Waals surface area contributed by atoms with Crippen molar-refractivity contribution in [2.75, 3.05) is 58.3 Å². The number of hydrogen-bond donors (Lipinski definition) is 1. The highest BCUT2D eigenvalue weighted by Crippen LogP contribution is 2.14. The van der Waals surface area contributed by atoms with Crippen LogP contribution in [0.2, 0.25) is 0 Å². The molecule has 8 heteroatoms. The molecule has 0 bridgehead atoms. The highest BCUT2D eigenvalue weighted by molar-refractivity contribution is 5.73. The van der Waals surface area contributed by atoms with E-state index >= 15 is 0 Å². The Morgan fingerprint density at radius 3 is 2.66 bits per heavy atom. The second-order valence-electron chi connectivity index (χ2n) is 7.17. The molecule has 1 aliphatic heterocycles. The van der Waals surface area contributed by atoms with Crippen molar-refractivity contribution < 1.29 is 9.53 Å². The Bertz CT molecular complexity index is 765. The van der Waals surface area contributed by atoms with Gasteiger partial charge in [-0.1, -0.05) is 12.1 Å². The minimum absolute atomic E-state index is 0.0566. The molecule has 1 aromatic carbocycles. The molecule has 1 aliphatic rings. The van der Waals surface area contributed by atoms with E-state index in [9.17, 15) is 4.79 Å². The van der Waals surface area contributed by atoms with Crippen LogP contribution in [0.25, 0.3) is 0 Å². The molecule has 8 nitrogen and oxygen atoms in total. The summed E-state index contributed by atoms with van der Waals surface area (Å²) in [6, 6.07) is 9.55. The Hall–Kier alpha value is -2.87. The van der Waals surface area contributed by atoms with Gasteiger partial charge in [0.1, 0.15) is 5.75 Å². The van der Waals surface area contributed by atoms with Crippen LogP contribution in [0.15, 0.2) is 42.7 Å². The van der Waals surface area contributed by atoms with Crippen molar-refractivity contribution in [2.45, 2.75) is 13.0 Å². The predicted molar refractivity (Wildman–Crippen MR) is 113 cm³/mol. The summed E-state index contributed by atoms with van der Waals surface area (Å²) < 4.78 is 5.23. The van der Waals surface area contributed by atoms with Gasteiger partial charge in [-0.15, -0.1) is 0 Å². The zero-order valence-corrected chi connectivity index (χ0v) is 17.3. The molecule has 1 N–H and O–H groups in total. The third-order valence-corrected chi connectivity index (χ3v) is 5.04. The summed E-state index contributed by atoms with van der Waals surface area (Å²) in [5.41, 5.74) is 1.04. The SMILES string of the molecule is COc1cccc(CN(C)C(=O)NCCCN2CCN(c3ncccn3)CC2)c1. The lowest BCUT2D eigenvalue weighted by Crippen LogP contribution is -2.47. The summed E-state index contributed by atoms with van der Waals surface area (Å²) in [5, 5.41) is 3.00. The molecule has 156 valence electrons. The van der Waals surface area contributed by atoms with E-state index in [2.05, 4.69) is 25.1 Å². The van der Waals surface area contributed by atoms with Crippen LogP contribution in [0.5, 0.6) is 5.75 Å². The second-order valence-corrected chi connectivity index (χ2v) is 7.17.